The van der Waals surface area contributed by atoms with Gasteiger partial charge in [0.25, 0.3) is 5.91 Å². The highest BCUT2D eigenvalue weighted by Crippen LogP contribution is 2.22. The molecule has 120 valence electrons. The quantitative estimate of drug-likeness (QED) is 0.588. The fraction of sp³-hybridized carbons (Fsp3) is 0.786. The van der Waals surface area contributed by atoms with Gasteiger partial charge in [-0.1, -0.05) is 0 Å². The number of hydrogen-bond donors (Lipinski definition) is 1. The van der Waals surface area contributed by atoms with Crippen molar-refractivity contribution in [2.24, 2.45) is 5.73 Å². The molecule has 7 heteroatoms. The summed E-state index contributed by atoms with van der Waals surface area (Å²) in [5.41, 5.74) is 3.58. The van der Waals surface area contributed by atoms with E-state index in [1.807, 2.05) is 0 Å². The maximum Gasteiger partial charge on any atom is 0.335 e. The maximum atomic E-state index is 12.4. The van der Waals surface area contributed by atoms with E-state index in [1.165, 1.54) is 4.90 Å². The lowest BCUT2D eigenvalue weighted by atomic mass is 9.89. The van der Waals surface area contributed by atoms with Gasteiger partial charge in [-0.2, -0.15) is 0 Å². The zero-order chi connectivity index (χ0) is 16.3. The fourth-order valence-corrected chi connectivity index (χ4v) is 2.17. The second kappa shape index (κ2) is 6.43. The van der Waals surface area contributed by atoms with Crippen LogP contribution >= 0.6 is 0 Å². The maximum absolute atomic E-state index is 12.4. The number of amides is 1. The van der Waals surface area contributed by atoms with Crippen LogP contribution in [0.4, 0.5) is 0 Å². The fourth-order valence-electron chi connectivity index (χ4n) is 2.17. The minimum absolute atomic E-state index is 0.150. The third-order valence-corrected chi connectivity index (χ3v) is 3.05. The van der Waals surface area contributed by atoms with E-state index in [0.29, 0.717) is 13.0 Å². The van der Waals surface area contributed by atoms with Gasteiger partial charge in [0.15, 0.2) is 5.54 Å². The molecule has 0 aromatic rings. The zero-order valence-electron chi connectivity index (χ0n) is 13.1. The van der Waals surface area contributed by atoms with Gasteiger partial charge in [-0.25, -0.2) is 4.79 Å². The summed E-state index contributed by atoms with van der Waals surface area (Å²) in [6.07, 6.45) is 0.749. The monoisotopic (exact) mass is 300 g/mol. The molecule has 7 nitrogen and oxygen atoms in total. The number of piperidine rings is 1. The molecule has 0 radical (unpaired) electrons. The van der Waals surface area contributed by atoms with Crippen molar-refractivity contribution in [1.29, 1.82) is 0 Å². The van der Waals surface area contributed by atoms with Crippen LogP contribution in [0.3, 0.4) is 0 Å². The number of likely N-dealkylation sites (tertiary alicyclic amines) is 1. The predicted molar refractivity (Wildman–Crippen MR) is 75.2 cm³/mol. The summed E-state index contributed by atoms with van der Waals surface area (Å²) >= 11 is 0. The second-order valence-electron chi connectivity index (χ2n) is 6.11. The molecule has 1 fully saturated rings. The molecule has 0 aromatic carbocycles. The van der Waals surface area contributed by atoms with Crippen molar-refractivity contribution in [3.8, 4) is 0 Å². The van der Waals surface area contributed by atoms with Gasteiger partial charge in [-0.05, 0) is 40.5 Å². The van der Waals surface area contributed by atoms with Gasteiger partial charge in [0.05, 0.1) is 6.61 Å². The Morgan fingerprint density at radius 2 is 2.00 bits per heavy atom. The van der Waals surface area contributed by atoms with Crippen LogP contribution in [0.5, 0.6) is 0 Å². The molecule has 1 amide bonds. The summed E-state index contributed by atoms with van der Waals surface area (Å²) in [5, 5.41) is 0. The number of nitrogens with two attached hydrogens (primary N) is 1. The van der Waals surface area contributed by atoms with Crippen LogP contribution in [0.25, 0.3) is 0 Å². The molecule has 1 rings (SSSR count). The third-order valence-electron chi connectivity index (χ3n) is 3.05. The lowest BCUT2D eigenvalue weighted by Crippen LogP contribution is -2.64. The van der Waals surface area contributed by atoms with E-state index < -0.39 is 29.0 Å². The summed E-state index contributed by atoms with van der Waals surface area (Å²) in [7, 11) is 0. The predicted octanol–water partition coefficient (Wildman–Crippen LogP) is 0.211. The molecule has 2 N–H and O–H groups in total. The standard InChI is InChI=1S/C14H24N2O5/c1-5-20-12(19)14(15)7-6-8-16(11(14)18)9-10(17)21-13(2,3)4/h5-9,15H2,1-4H3. The van der Waals surface area contributed by atoms with E-state index in [-0.39, 0.29) is 19.6 Å². The van der Waals surface area contributed by atoms with E-state index in [0.717, 1.165) is 0 Å². The number of ether oxygens (including phenoxy) is 2. The molecule has 0 aliphatic carbocycles. The Kier molecular flexibility index (Phi) is 5.33. The SMILES string of the molecule is CCOC(=O)C1(N)CCCN(CC(=O)OC(C)(C)C)C1=O. The van der Waals surface area contributed by atoms with Crippen molar-refractivity contribution >= 4 is 17.8 Å². The molecule has 1 unspecified atom stereocenters. The Hall–Kier alpha value is -1.63. The van der Waals surface area contributed by atoms with Crippen LogP contribution in [-0.2, 0) is 23.9 Å². The summed E-state index contributed by atoms with van der Waals surface area (Å²) in [6, 6.07) is 0. The molecule has 0 saturated carbocycles. The third kappa shape index (κ3) is 4.42. The van der Waals surface area contributed by atoms with Crippen molar-refractivity contribution in [3.63, 3.8) is 0 Å². The number of rotatable bonds is 4. The van der Waals surface area contributed by atoms with Gasteiger partial charge in [-0.3, -0.25) is 9.59 Å². The first kappa shape index (κ1) is 17.4. The Bertz CT molecular complexity index is 430. The number of carbonyl (C=O) groups is 3. The van der Waals surface area contributed by atoms with E-state index in [9.17, 15) is 14.4 Å². The van der Waals surface area contributed by atoms with Gasteiger partial charge < -0.3 is 20.1 Å². The van der Waals surface area contributed by atoms with E-state index in [2.05, 4.69) is 0 Å². The summed E-state index contributed by atoms with van der Waals surface area (Å²) in [6.45, 7) is 7.19. The number of hydrogen-bond acceptors (Lipinski definition) is 6. The Balaban J connectivity index is 2.75. The van der Waals surface area contributed by atoms with Gasteiger partial charge in [-0.15, -0.1) is 0 Å². The molecule has 1 aliphatic rings. The normalized spacial score (nSPS) is 22.9. The molecule has 1 aliphatic heterocycles. The van der Waals surface area contributed by atoms with Crippen molar-refractivity contribution in [2.75, 3.05) is 19.7 Å². The zero-order valence-corrected chi connectivity index (χ0v) is 13.1. The molecular formula is C14H24N2O5. The van der Waals surface area contributed by atoms with Crippen LogP contribution in [0.2, 0.25) is 0 Å². The molecule has 1 atom stereocenters. The first-order valence-corrected chi connectivity index (χ1v) is 7.07. The summed E-state index contributed by atoms with van der Waals surface area (Å²) < 4.78 is 10.0. The van der Waals surface area contributed by atoms with E-state index in [1.54, 1.807) is 27.7 Å². The Morgan fingerprint density at radius 1 is 1.38 bits per heavy atom. The average Bonchev–Trinajstić information content (AvgIpc) is 2.33. The lowest BCUT2D eigenvalue weighted by molar-refractivity contribution is -0.166. The molecule has 0 bridgehead atoms. The van der Waals surface area contributed by atoms with Crippen molar-refractivity contribution < 1.29 is 23.9 Å². The Labute approximate surface area is 124 Å². The van der Waals surface area contributed by atoms with E-state index >= 15 is 0 Å². The first-order valence-electron chi connectivity index (χ1n) is 7.07. The minimum Gasteiger partial charge on any atom is -0.464 e. The van der Waals surface area contributed by atoms with Gasteiger partial charge in [0.2, 0.25) is 0 Å². The van der Waals surface area contributed by atoms with Gasteiger partial charge in [0.1, 0.15) is 12.1 Å². The molecular weight excluding hydrogens is 276 g/mol. The minimum atomic E-state index is -1.70. The lowest BCUT2D eigenvalue weighted by Gasteiger charge is -2.37. The molecule has 1 saturated heterocycles. The average molecular weight is 300 g/mol. The van der Waals surface area contributed by atoms with Crippen LogP contribution in [-0.4, -0.2) is 53.6 Å². The Morgan fingerprint density at radius 3 is 2.52 bits per heavy atom. The largest absolute Gasteiger partial charge is 0.464 e. The van der Waals surface area contributed by atoms with Crippen molar-refractivity contribution in [3.05, 3.63) is 0 Å². The van der Waals surface area contributed by atoms with Crippen LogP contribution in [0.1, 0.15) is 40.5 Å². The number of carbonyl (C=O) groups excluding carboxylic acids is 3. The second-order valence-corrected chi connectivity index (χ2v) is 6.11. The van der Waals surface area contributed by atoms with Crippen LogP contribution in [0, 0.1) is 0 Å². The highest BCUT2D eigenvalue weighted by Gasteiger charge is 2.48. The van der Waals surface area contributed by atoms with E-state index in [4.69, 9.17) is 15.2 Å². The smallest absolute Gasteiger partial charge is 0.335 e. The summed E-state index contributed by atoms with van der Waals surface area (Å²) in [5.74, 6) is -1.86. The molecule has 0 spiro atoms. The molecule has 0 aromatic heterocycles. The summed E-state index contributed by atoms with van der Waals surface area (Å²) in [4.78, 5) is 37.3. The van der Waals surface area contributed by atoms with Crippen molar-refractivity contribution in [2.45, 2.75) is 51.7 Å². The first-order chi connectivity index (χ1) is 9.60. The van der Waals surface area contributed by atoms with Crippen molar-refractivity contribution in [1.82, 2.24) is 4.90 Å². The van der Waals surface area contributed by atoms with Crippen LogP contribution in [0.15, 0.2) is 0 Å². The number of nitrogens with zero attached hydrogens (tertiary/aromatic N) is 1. The molecule has 21 heavy (non-hydrogen) atoms. The van der Waals surface area contributed by atoms with Gasteiger partial charge in [0, 0.05) is 6.54 Å². The highest BCUT2D eigenvalue weighted by atomic mass is 16.6. The molecule has 1 heterocycles. The van der Waals surface area contributed by atoms with Crippen LogP contribution < -0.4 is 5.73 Å². The highest BCUT2D eigenvalue weighted by molar-refractivity contribution is 6.08. The van der Waals surface area contributed by atoms with Gasteiger partial charge >= 0.3 is 11.9 Å². The topological polar surface area (TPSA) is 98.9 Å². The number of esters is 2.